The van der Waals surface area contributed by atoms with Crippen LogP contribution in [0.5, 0.6) is 0 Å². The predicted octanol–water partition coefficient (Wildman–Crippen LogP) is 4.96. The number of carbonyl (C=O) groups excluding carboxylic acids is 2. The van der Waals surface area contributed by atoms with Gasteiger partial charge in [-0.1, -0.05) is 24.3 Å². The van der Waals surface area contributed by atoms with E-state index in [1.54, 1.807) is 30.3 Å². The van der Waals surface area contributed by atoms with Crippen LogP contribution in [0.4, 0.5) is 4.39 Å². The lowest BCUT2D eigenvalue weighted by Crippen LogP contribution is -2.35. The van der Waals surface area contributed by atoms with Crippen molar-refractivity contribution in [2.75, 3.05) is 13.1 Å². The molecule has 0 saturated carbocycles. The Morgan fingerprint density at radius 2 is 1.78 bits per heavy atom. The lowest BCUT2D eigenvalue weighted by atomic mass is 10.1. The molecular weight excluding hydrogens is 407 g/mol. The number of carbonyl (C=O) groups is 2. The highest BCUT2D eigenvalue weighted by Gasteiger charge is 2.18. The average Bonchev–Trinajstić information content (AvgIpc) is 3.31. The topological polar surface area (TPSA) is 62.6 Å². The number of nitrogens with zero attached hydrogens (tertiary/aromatic N) is 1. The zero-order chi connectivity index (χ0) is 22.3. The average molecular weight is 435 g/mol. The van der Waals surface area contributed by atoms with Crippen molar-refractivity contribution < 1.29 is 18.4 Å². The van der Waals surface area contributed by atoms with E-state index in [-0.39, 0.29) is 24.1 Å². The number of hydrogen-bond donors (Lipinski definition) is 1. The van der Waals surface area contributed by atoms with Crippen molar-refractivity contribution in [3.63, 3.8) is 0 Å². The fraction of sp³-hybridized carbons (Fsp3) is 0.308. The minimum absolute atomic E-state index is 0.0568. The van der Waals surface area contributed by atoms with Crippen LogP contribution < -0.4 is 5.32 Å². The molecule has 2 aromatic carbocycles. The number of piperidine rings is 1. The van der Waals surface area contributed by atoms with Crippen LogP contribution in [-0.4, -0.2) is 29.8 Å². The molecule has 0 aliphatic carbocycles. The number of nitrogens with one attached hydrogen (secondary N) is 1. The predicted molar refractivity (Wildman–Crippen MR) is 120 cm³/mol. The summed E-state index contributed by atoms with van der Waals surface area (Å²) in [6.45, 7) is 1.98. The summed E-state index contributed by atoms with van der Waals surface area (Å²) in [4.78, 5) is 26.9. The highest BCUT2D eigenvalue weighted by molar-refractivity contribution is 5.94. The van der Waals surface area contributed by atoms with Crippen molar-refractivity contribution in [2.45, 2.75) is 38.6 Å². The van der Waals surface area contributed by atoms with Gasteiger partial charge in [0.1, 0.15) is 17.3 Å². The maximum atomic E-state index is 13.9. The van der Waals surface area contributed by atoms with Crippen LogP contribution in [0.3, 0.4) is 0 Å². The molecule has 1 aliphatic heterocycles. The molecule has 1 aromatic heterocycles. The van der Waals surface area contributed by atoms with Crippen molar-refractivity contribution >= 4 is 11.8 Å². The van der Waals surface area contributed by atoms with Gasteiger partial charge < -0.3 is 14.6 Å². The second kappa shape index (κ2) is 10.3. The largest absolute Gasteiger partial charge is 0.461 e. The normalized spacial score (nSPS) is 13.7. The fourth-order valence-corrected chi connectivity index (χ4v) is 3.94. The second-order valence-corrected chi connectivity index (χ2v) is 8.08. The molecule has 1 saturated heterocycles. The van der Waals surface area contributed by atoms with Crippen LogP contribution >= 0.6 is 0 Å². The molecule has 1 N–H and O–H groups in total. The van der Waals surface area contributed by atoms with E-state index in [2.05, 4.69) is 5.32 Å². The molecule has 3 aromatic rings. The van der Waals surface area contributed by atoms with Crippen LogP contribution in [0, 0.1) is 5.82 Å². The molecule has 4 rings (SSSR count). The number of likely N-dealkylation sites (tertiary alicyclic amines) is 1. The van der Waals surface area contributed by atoms with E-state index in [1.807, 2.05) is 29.2 Å². The summed E-state index contributed by atoms with van der Waals surface area (Å²) >= 11 is 0. The van der Waals surface area contributed by atoms with Gasteiger partial charge in [0.05, 0.1) is 5.56 Å². The minimum atomic E-state index is -0.341. The first-order chi connectivity index (χ1) is 15.6. The van der Waals surface area contributed by atoms with E-state index in [0.29, 0.717) is 35.6 Å². The highest BCUT2D eigenvalue weighted by Crippen LogP contribution is 2.25. The molecule has 32 heavy (non-hydrogen) atoms. The van der Waals surface area contributed by atoms with E-state index >= 15 is 0 Å². The fourth-order valence-electron chi connectivity index (χ4n) is 3.94. The van der Waals surface area contributed by atoms with Gasteiger partial charge in [0.15, 0.2) is 0 Å². The van der Waals surface area contributed by atoms with Gasteiger partial charge in [-0.3, -0.25) is 9.59 Å². The molecule has 6 heteroatoms. The van der Waals surface area contributed by atoms with Crippen LogP contribution in [0.25, 0.3) is 11.3 Å². The minimum Gasteiger partial charge on any atom is -0.461 e. The van der Waals surface area contributed by atoms with E-state index < -0.39 is 0 Å². The van der Waals surface area contributed by atoms with Gasteiger partial charge >= 0.3 is 0 Å². The smallest absolute Gasteiger partial charge is 0.253 e. The maximum absolute atomic E-state index is 13.9. The molecular formula is C26H27FN2O3. The Morgan fingerprint density at radius 1 is 0.969 bits per heavy atom. The van der Waals surface area contributed by atoms with Gasteiger partial charge in [0.25, 0.3) is 5.91 Å². The van der Waals surface area contributed by atoms with Gasteiger partial charge in [-0.2, -0.15) is 0 Å². The second-order valence-electron chi connectivity index (χ2n) is 8.08. The molecule has 1 fully saturated rings. The molecule has 2 heterocycles. The molecule has 5 nitrogen and oxygen atoms in total. The SMILES string of the molecule is O=C(CCc1ccc(-c2ccccc2F)o1)NCc1cccc(C(=O)N2CCCCC2)c1. The number of aryl methyl sites for hydroxylation is 1. The Hall–Kier alpha value is -3.41. The summed E-state index contributed by atoms with van der Waals surface area (Å²) < 4.78 is 19.6. The Bertz CT molecular complexity index is 1090. The third kappa shape index (κ3) is 5.44. The molecule has 0 unspecified atom stereocenters. The van der Waals surface area contributed by atoms with Gasteiger partial charge in [-0.25, -0.2) is 4.39 Å². The molecule has 2 amide bonds. The molecule has 1 aliphatic rings. The lowest BCUT2D eigenvalue weighted by Gasteiger charge is -2.26. The standard InChI is InChI=1S/C26H27FN2O3/c27-23-10-3-2-9-22(23)24-13-11-21(32-24)12-14-25(30)28-18-19-7-6-8-20(17-19)26(31)29-15-4-1-5-16-29/h2-3,6-11,13,17H,1,4-5,12,14-16,18H2,(H,28,30). The van der Waals surface area contributed by atoms with Crippen LogP contribution in [-0.2, 0) is 17.8 Å². The Kier molecular flexibility index (Phi) is 7.00. The van der Waals surface area contributed by atoms with Crippen molar-refractivity contribution in [3.05, 3.63) is 83.4 Å². The summed E-state index contributed by atoms with van der Waals surface area (Å²) in [6.07, 6.45) is 3.97. The third-order valence-electron chi connectivity index (χ3n) is 5.71. The summed E-state index contributed by atoms with van der Waals surface area (Å²) in [5.41, 5.74) is 1.96. The molecule has 0 radical (unpaired) electrons. The van der Waals surface area contributed by atoms with Gasteiger partial charge in [-0.05, 0) is 61.2 Å². The maximum Gasteiger partial charge on any atom is 0.253 e. The van der Waals surface area contributed by atoms with Crippen molar-refractivity contribution in [2.24, 2.45) is 0 Å². The van der Waals surface area contributed by atoms with Crippen molar-refractivity contribution in [1.82, 2.24) is 10.2 Å². The number of rotatable bonds is 7. The van der Waals surface area contributed by atoms with Gasteiger partial charge in [-0.15, -0.1) is 0 Å². The number of benzene rings is 2. The molecule has 0 spiro atoms. The van der Waals surface area contributed by atoms with Crippen molar-refractivity contribution in [1.29, 1.82) is 0 Å². The highest BCUT2D eigenvalue weighted by atomic mass is 19.1. The Morgan fingerprint density at radius 3 is 2.59 bits per heavy atom. The van der Waals surface area contributed by atoms with Crippen LogP contribution in [0.2, 0.25) is 0 Å². The van der Waals surface area contributed by atoms with E-state index in [4.69, 9.17) is 4.42 Å². The van der Waals surface area contributed by atoms with E-state index in [9.17, 15) is 14.0 Å². The number of hydrogen-bond acceptors (Lipinski definition) is 3. The monoisotopic (exact) mass is 434 g/mol. The van der Waals surface area contributed by atoms with Crippen LogP contribution in [0.15, 0.2) is 65.1 Å². The first-order valence-electron chi connectivity index (χ1n) is 11.1. The van der Waals surface area contributed by atoms with E-state index in [1.165, 1.54) is 12.5 Å². The quantitative estimate of drug-likeness (QED) is 0.572. The summed E-state index contributed by atoms with van der Waals surface area (Å²) in [6, 6.07) is 17.4. The first kappa shape index (κ1) is 21.8. The van der Waals surface area contributed by atoms with Crippen molar-refractivity contribution in [3.8, 4) is 11.3 Å². The summed E-state index contributed by atoms with van der Waals surface area (Å²) in [7, 11) is 0. The zero-order valence-corrected chi connectivity index (χ0v) is 18.0. The molecule has 0 bridgehead atoms. The zero-order valence-electron chi connectivity index (χ0n) is 18.0. The number of halogens is 1. The third-order valence-corrected chi connectivity index (χ3v) is 5.71. The summed E-state index contributed by atoms with van der Waals surface area (Å²) in [5, 5.41) is 2.90. The molecule has 166 valence electrons. The van der Waals surface area contributed by atoms with Crippen LogP contribution in [0.1, 0.15) is 47.4 Å². The lowest BCUT2D eigenvalue weighted by molar-refractivity contribution is -0.121. The molecule has 0 atom stereocenters. The number of amides is 2. The first-order valence-corrected chi connectivity index (χ1v) is 11.1. The Labute approximate surface area is 187 Å². The Balaban J connectivity index is 1.27. The van der Waals surface area contributed by atoms with Gasteiger partial charge in [0.2, 0.25) is 5.91 Å². The number of furan rings is 1. The van der Waals surface area contributed by atoms with E-state index in [0.717, 1.165) is 31.5 Å². The van der Waals surface area contributed by atoms with Gasteiger partial charge in [0, 0.05) is 38.0 Å². The summed E-state index contributed by atoms with van der Waals surface area (Å²) in [5.74, 6) is 0.691.